The average Bonchev–Trinajstić information content (AvgIpc) is 3.10. The Morgan fingerprint density at radius 1 is 0.762 bits per heavy atom. The normalized spacial score (nSPS) is 21.8. The minimum absolute atomic E-state index is 0. The Kier molecular flexibility index (Phi) is 11.3. The Hall–Kier alpha value is 0.423. The zero-order chi connectivity index (χ0) is 15.1. The summed E-state index contributed by atoms with van der Waals surface area (Å²) < 4.78 is 0. The molecular formula is C14H24O4P2Zn. The van der Waals surface area contributed by atoms with Gasteiger partial charge in [0.05, 0.1) is 0 Å². The second-order valence-corrected chi connectivity index (χ2v) is 11.2. The summed E-state index contributed by atoms with van der Waals surface area (Å²) in [6, 6.07) is 0. The fraction of sp³-hybridized carbons (Fsp3) is 0.857. The zero-order valence-electron chi connectivity index (χ0n) is 13.0. The van der Waals surface area contributed by atoms with Crippen molar-refractivity contribution in [3.63, 3.8) is 0 Å². The molecular weight excluding hydrogens is 359 g/mol. The molecule has 0 aliphatic carbocycles. The van der Waals surface area contributed by atoms with Gasteiger partial charge in [0.15, 0.2) is 0 Å². The van der Waals surface area contributed by atoms with Crippen molar-refractivity contribution >= 4 is 27.8 Å². The maximum Gasteiger partial charge on any atom is 2.00 e. The van der Waals surface area contributed by atoms with E-state index in [0.29, 0.717) is 0 Å². The summed E-state index contributed by atoms with van der Waals surface area (Å²) >= 11 is 0. The summed E-state index contributed by atoms with van der Waals surface area (Å²) in [7, 11) is -0.416. The minimum Gasteiger partial charge on any atom is -0.549 e. The molecule has 7 heteroatoms. The second-order valence-electron chi connectivity index (χ2n) is 5.48. The van der Waals surface area contributed by atoms with Crippen LogP contribution in [0.25, 0.3) is 0 Å². The van der Waals surface area contributed by atoms with Gasteiger partial charge in [-0.3, -0.25) is 0 Å². The zero-order valence-corrected chi connectivity index (χ0v) is 17.8. The molecule has 2 aliphatic rings. The molecule has 0 bridgehead atoms. The number of hydrogen-bond acceptors (Lipinski definition) is 4. The maximum atomic E-state index is 10.4. The maximum absolute atomic E-state index is 10.4. The van der Waals surface area contributed by atoms with Gasteiger partial charge in [-0.05, 0) is 50.3 Å². The van der Waals surface area contributed by atoms with E-state index in [0.717, 1.165) is 24.6 Å². The molecule has 0 aromatic heterocycles. The molecule has 4 nitrogen and oxygen atoms in total. The smallest absolute Gasteiger partial charge is 0.549 e. The summed E-state index contributed by atoms with van der Waals surface area (Å²) in [5, 5.41) is 20.8. The van der Waals surface area contributed by atoms with Crippen molar-refractivity contribution in [1.29, 1.82) is 0 Å². The van der Waals surface area contributed by atoms with Gasteiger partial charge < -0.3 is 19.8 Å². The van der Waals surface area contributed by atoms with Crippen molar-refractivity contribution < 1.29 is 39.3 Å². The Bertz CT molecular complexity index is 297. The average molecular weight is 384 g/mol. The summed E-state index contributed by atoms with van der Waals surface area (Å²) in [4.78, 5) is 20.8. The summed E-state index contributed by atoms with van der Waals surface area (Å²) in [6.07, 6.45) is 9.48. The van der Waals surface area contributed by atoms with Gasteiger partial charge >= 0.3 is 19.5 Å². The van der Waals surface area contributed by atoms with Crippen molar-refractivity contribution in [3.8, 4) is 0 Å². The second kappa shape index (κ2) is 11.0. The van der Waals surface area contributed by atoms with Crippen LogP contribution in [0.2, 0.25) is 0 Å². The van der Waals surface area contributed by atoms with Gasteiger partial charge in [-0.2, -0.15) is 0 Å². The summed E-state index contributed by atoms with van der Waals surface area (Å²) in [5.74, 6) is -1.71. The van der Waals surface area contributed by atoms with Crippen LogP contribution in [-0.2, 0) is 29.1 Å². The molecule has 0 aromatic carbocycles. The van der Waals surface area contributed by atoms with E-state index < -0.39 is 11.9 Å². The van der Waals surface area contributed by atoms with Crippen LogP contribution >= 0.6 is 15.8 Å². The standard InChI is InChI=1S/2C7H13O2P.Zn/c2*1-6(7(8)9)10-4-2-3-5-10;/h2*6H,2-5H2,1H3,(H,8,9);/q;;+2/p-2. The van der Waals surface area contributed by atoms with Crippen molar-refractivity contribution in [2.24, 2.45) is 0 Å². The fourth-order valence-corrected chi connectivity index (χ4v) is 7.67. The van der Waals surface area contributed by atoms with E-state index in [1.807, 2.05) is 0 Å². The third-order valence-corrected chi connectivity index (χ3v) is 10.2. The first-order valence-electron chi connectivity index (χ1n) is 7.33. The number of hydrogen-bond donors (Lipinski definition) is 0. The van der Waals surface area contributed by atoms with E-state index in [9.17, 15) is 19.8 Å². The molecule has 0 amide bonds. The first kappa shape index (κ1) is 21.4. The van der Waals surface area contributed by atoms with Crippen molar-refractivity contribution in [2.45, 2.75) is 50.8 Å². The predicted molar refractivity (Wildman–Crippen MR) is 80.7 cm³/mol. The van der Waals surface area contributed by atoms with Crippen LogP contribution in [0.4, 0.5) is 0 Å². The van der Waals surface area contributed by atoms with E-state index in [2.05, 4.69) is 0 Å². The first-order valence-corrected chi connectivity index (χ1v) is 10.9. The van der Waals surface area contributed by atoms with Gasteiger partial charge in [0.1, 0.15) is 0 Å². The van der Waals surface area contributed by atoms with Crippen LogP contribution in [-0.4, -0.2) is 47.9 Å². The largest absolute Gasteiger partial charge is 2.00 e. The molecule has 0 spiro atoms. The van der Waals surface area contributed by atoms with Crippen molar-refractivity contribution in [1.82, 2.24) is 0 Å². The molecule has 21 heavy (non-hydrogen) atoms. The van der Waals surface area contributed by atoms with Gasteiger partial charge in [0, 0.05) is 23.3 Å². The first-order chi connectivity index (χ1) is 9.43. The van der Waals surface area contributed by atoms with Crippen LogP contribution in [0, 0.1) is 0 Å². The molecule has 0 aromatic rings. The summed E-state index contributed by atoms with van der Waals surface area (Å²) in [5.41, 5.74) is -0.338. The van der Waals surface area contributed by atoms with Gasteiger partial charge in [0.25, 0.3) is 0 Å². The molecule has 2 rings (SSSR count). The number of carboxylic acid groups (broad SMARTS) is 2. The SMILES string of the molecule is CC(C(=O)[O-])P1CCCC1.CC(C(=O)[O-])P1CCCC1.[Zn+2]. The topological polar surface area (TPSA) is 80.3 Å². The molecule has 2 heterocycles. The molecule has 0 radical (unpaired) electrons. The van der Waals surface area contributed by atoms with E-state index in [1.165, 1.54) is 25.7 Å². The van der Waals surface area contributed by atoms with Gasteiger partial charge in [0.2, 0.25) is 0 Å². The van der Waals surface area contributed by atoms with Gasteiger partial charge in [-0.1, -0.05) is 29.7 Å². The summed E-state index contributed by atoms with van der Waals surface area (Å²) in [6.45, 7) is 3.57. The number of rotatable bonds is 4. The molecule has 2 fully saturated rings. The number of carbonyl (C=O) groups excluding carboxylic acids is 2. The van der Waals surface area contributed by atoms with Crippen LogP contribution in [0.5, 0.6) is 0 Å². The Morgan fingerprint density at radius 2 is 1.00 bits per heavy atom. The van der Waals surface area contributed by atoms with E-state index in [4.69, 9.17) is 0 Å². The Labute approximate surface area is 142 Å². The quantitative estimate of drug-likeness (QED) is 0.531. The number of aliphatic carboxylic acids is 2. The van der Waals surface area contributed by atoms with Crippen molar-refractivity contribution in [2.75, 3.05) is 24.6 Å². The van der Waals surface area contributed by atoms with Crippen LogP contribution in [0.15, 0.2) is 0 Å². The van der Waals surface area contributed by atoms with E-state index >= 15 is 0 Å². The van der Waals surface area contributed by atoms with Gasteiger partial charge in [-0.15, -0.1) is 0 Å². The van der Waals surface area contributed by atoms with Crippen LogP contribution in [0.3, 0.4) is 0 Å². The number of carboxylic acids is 2. The van der Waals surface area contributed by atoms with Crippen molar-refractivity contribution in [3.05, 3.63) is 0 Å². The molecule has 0 saturated carbocycles. The van der Waals surface area contributed by atoms with Crippen LogP contribution in [0.1, 0.15) is 39.5 Å². The molecule has 0 N–H and O–H groups in total. The molecule has 2 unspecified atom stereocenters. The predicted octanol–water partition coefficient (Wildman–Crippen LogP) is 0.798. The van der Waals surface area contributed by atoms with E-state index in [-0.39, 0.29) is 46.6 Å². The fourth-order valence-electron chi connectivity index (χ4n) is 2.56. The van der Waals surface area contributed by atoms with Gasteiger partial charge in [-0.25, -0.2) is 0 Å². The van der Waals surface area contributed by atoms with E-state index in [1.54, 1.807) is 13.8 Å². The molecule has 2 atom stereocenters. The Balaban J connectivity index is 0.000000364. The third-order valence-electron chi connectivity index (χ3n) is 4.06. The molecule has 2 aliphatic heterocycles. The minimum atomic E-state index is -0.854. The molecule has 116 valence electrons. The Morgan fingerprint density at radius 3 is 1.19 bits per heavy atom. The third kappa shape index (κ3) is 7.49. The monoisotopic (exact) mass is 382 g/mol. The van der Waals surface area contributed by atoms with Crippen LogP contribution < -0.4 is 10.2 Å². The molecule has 2 saturated heterocycles. The number of carbonyl (C=O) groups is 2.